The number of benzene rings is 1. The van der Waals surface area contributed by atoms with Gasteiger partial charge < -0.3 is 9.64 Å². The van der Waals surface area contributed by atoms with Gasteiger partial charge in [-0.15, -0.1) is 23.1 Å². The lowest BCUT2D eigenvalue weighted by Crippen LogP contribution is -2.32. The molecule has 0 bridgehead atoms. The number of hydrogen-bond donors (Lipinski definition) is 0. The first-order valence-electron chi connectivity index (χ1n) is 6.58. The van der Waals surface area contributed by atoms with E-state index >= 15 is 0 Å². The molecule has 0 N–H and O–H groups in total. The summed E-state index contributed by atoms with van der Waals surface area (Å²) in [5.74, 6) is 1.57. The van der Waals surface area contributed by atoms with Gasteiger partial charge in [0.2, 0.25) is 5.91 Å². The molecule has 1 saturated heterocycles. The molecule has 0 radical (unpaired) electrons. The smallest absolute Gasteiger partial charge is 0.233 e. The van der Waals surface area contributed by atoms with Crippen LogP contribution in [0.25, 0.3) is 0 Å². The SMILES string of the molecule is O=C1CSC(c2ccc(Br)s2)N1CCOc1ccccc1. The van der Waals surface area contributed by atoms with E-state index in [9.17, 15) is 4.79 Å². The minimum absolute atomic E-state index is 0.119. The van der Waals surface area contributed by atoms with Gasteiger partial charge in [0.1, 0.15) is 17.7 Å². The summed E-state index contributed by atoms with van der Waals surface area (Å²) in [6.07, 6.45) is 0. The van der Waals surface area contributed by atoms with Crippen LogP contribution in [-0.2, 0) is 4.79 Å². The molecule has 21 heavy (non-hydrogen) atoms. The number of carbonyl (C=O) groups is 1. The molecule has 1 aromatic heterocycles. The van der Waals surface area contributed by atoms with Crippen LogP contribution in [0.3, 0.4) is 0 Å². The van der Waals surface area contributed by atoms with Crippen LogP contribution in [0, 0.1) is 0 Å². The standard InChI is InChI=1S/C15H14BrNO2S2/c16-13-7-6-12(21-13)15-17(14(18)10-20-15)8-9-19-11-4-2-1-3-5-11/h1-7,15H,8-10H2. The van der Waals surface area contributed by atoms with Gasteiger partial charge in [-0.2, -0.15) is 0 Å². The number of hydrogen-bond acceptors (Lipinski definition) is 4. The quantitative estimate of drug-likeness (QED) is 0.775. The number of carbonyl (C=O) groups excluding carboxylic acids is 1. The van der Waals surface area contributed by atoms with Gasteiger partial charge in [0.05, 0.1) is 16.1 Å². The maximum Gasteiger partial charge on any atom is 0.233 e. The van der Waals surface area contributed by atoms with Crippen LogP contribution in [-0.4, -0.2) is 29.7 Å². The fourth-order valence-electron chi connectivity index (χ4n) is 2.17. The molecular formula is C15H14BrNO2S2. The molecule has 1 aliphatic rings. The van der Waals surface area contributed by atoms with E-state index in [1.807, 2.05) is 41.3 Å². The molecule has 0 aliphatic carbocycles. The molecule has 1 aromatic carbocycles. The maximum absolute atomic E-state index is 12.0. The Morgan fingerprint density at radius 2 is 2.05 bits per heavy atom. The number of amides is 1. The Labute approximate surface area is 140 Å². The predicted octanol–water partition coefficient (Wildman–Crippen LogP) is 4.16. The predicted molar refractivity (Wildman–Crippen MR) is 90.9 cm³/mol. The van der Waals surface area contributed by atoms with Gasteiger partial charge >= 0.3 is 0 Å². The second-order valence-corrected chi connectivity index (χ2v) is 8.12. The minimum atomic E-state index is 0.119. The zero-order valence-electron chi connectivity index (χ0n) is 11.2. The number of nitrogens with zero attached hydrogens (tertiary/aromatic N) is 1. The number of thioether (sulfide) groups is 1. The van der Waals surface area contributed by atoms with Crippen molar-refractivity contribution in [2.24, 2.45) is 0 Å². The lowest BCUT2D eigenvalue weighted by atomic mass is 10.3. The highest BCUT2D eigenvalue weighted by molar-refractivity contribution is 9.11. The zero-order valence-corrected chi connectivity index (χ0v) is 14.4. The Hall–Kier alpha value is -0.980. The Morgan fingerprint density at radius 3 is 2.76 bits per heavy atom. The highest BCUT2D eigenvalue weighted by Gasteiger charge is 2.33. The van der Waals surface area contributed by atoms with Crippen molar-refractivity contribution in [1.82, 2.24) is 4.90 Å². The largest absolute Gasteiger partial charge is 0.492 e. The third-order valence-corrected chi connectivity index (χ3v) is 6.21. The fraction of sp³-hybridized carbons (Fsp3) is 0.267. The van der Waals surface area contributed by atoms with Crippen molar-refractivity contribution in [2.45, 2.75) is 5.37 Å². The van der Waals surface area contributed by atoms with Crippen LogP contribution in [0.4, 0.5) is 0 Å². The van der Waals surface area contributed by atoms with Crippen LogP contribution >= 0.6 is 39.0 Å². The molecule has 6 heteroatoms. The monoisotopic (exact) mass is 383 g/mol. The van der Waals surface area contributed by atoms with Crippen LogP contribution in [0.1, 0.15) is 10.3 Å². The Balaban J connectivity index is 1.61. The van der Waals surface area contributed by atoms with Gasteiger partial charge in [-0.3, -0.25) is 4.79 Å². The van der Waals surface area contributed by atoms with E-state index in [0.717, 1.165) is 9.54 Å². The van der Waals surface area contributed by atoms with Gasteiger partial charge in [-0.05, 0) is 40.2 Å². The van der Waals surface area contributed by atoms with Crippen LogP contribution in [0.2, 0.25) is 0 Å². The topological polar surface area (TPSA) is 29.5 Å². The van der Waals surface area contributed by atoms with Crippen molar-refractivity contribution >= 4 is 44.9 Å². The summed E-state index contributed by atoms with van der Waals surface area (Å²) >= 11 is 6.84. The van der Waals surface area contributed by atoms with Gasteiger partial charge in [-0.1, -0.05) is 18.2 Å². The number of thiophene rings is 1. The molecule has 1 amide bonds. The first-order chi connectivity index (χ1) is 10.2. The van der Waals surface area contributed by atoms with Crippen molar-refractivity contribution in [3.8, 4) is 5.75 Å². The highest BCUT2D eigenvalue weighted by Crippen LogP contribution is 2.42. The van der Waals surface area contributed by atoms with E-state index in [4.69, 9.17) is 4.74 Å². The fourth-order valence-corrected chi connectivity index (χ4v) is 5.05. The first kappa shape index (κ1) is 14.9. The maximum atomic E-state index is 12.0. The minimum Gasteiger partial charge on any atom is -0.492 e. The lowest BCUT2D eigenvalue weighted by molar-refractivity contribution is -0.128. The summed E-state index contributed by atoms with van der Waals surface area (Å²) in [6.45, 7) is 1.13. The zero-order chi connectivity index (χ0) is 14.7. The molecule has 2 aromatic rings. The number of para-hydroxylation sites is 1. The Bertz CT molecular complexity index is 617. The second kappa shape index (κ2) is 6.85. The molecule has 1 aliphatic heterocycles. The molecule has 0 saturated carbocycles. The summed E-state index contributed by atoms with van der Waals surface area (Å²) in [5.41, 5.74) is 0. The summed E-state index contributed by atoms with van der Waals surface area (Å²) in [5, 5.41) is 0.119. The van der Waals surface area contributed by atoms with Crippen molar-refractivity contribution in [2.75, 3.05) is 18.9 Å². The first-order valence-corrected chi connectivity index (χ1v) is 9.24. The van der Waals surface area contributed by atoms with E-state index in [0.29, 0.717) is 18.9 Å². The van der Waals surface area contributed by atoms with Gasteiger partial charge in [0.15, 0.2) is 0 Å². The highest BCUT2D eigenvalue weighted by atomic mass is 79.9. The van der Waals surface area contributed by atoms with E-state index in [1.54, 1.807) is 23.1 Å². The average Bonchev–Trinajstić information content (AvgIpc) is 3.07. The van der Waals surface area contributed by atoms with Crippen molar-refractivity contribution in [1.29, 1.82) is 0 Å². The van der Waals surface area contributed by atoms with Crippen LogP contribution < -0.4 is 4.74 Å². The van der Waals surface area contributed by atoms with E-state index in [2.05, 4.69) is 22.0 Å². The summed E-state index contributed by atoms with van der Waals surface area (Å²) < 4.78 is 6.79. The Kier molecular flexibility index (Phi) is 4.87. The van der Waals surface area contributed by atoms with E-state index < -0.39 is 0 Å². The molecule has 1 atom stereocenters. The summed E-state index contributed by atoms with van der Waals surface area (Å²) in [7, 11) is 0. The van der Waals surface area contributed by atoms with Crippen molar-refractivity contribution in [3.63, 3.8) is 0 Å². The van der Waals surface area contributed by atoms with Crippen molar-refractivity contribution < 1.29 is 9.53 Å². The second-order valence-electron chi connectivity index (χ2n) is 4.55. The molecule has 2 heterocycles. The molecule has 1 fully saturated rings. The normalized spacial score (nSPS) is 18.2. The molecule has 3 nitrogen and oxygen atoms in total. The third-order valence-electron chi connectivity index (χ3n) is 3.15. The molecule has 0 spiro atoms. The van der Waals surface area contributed by atoms with E-state index in [-0.39, 0.29) is 11.3 Å². The number of ether oxygens (including phenoxy) is 1. The number of halogens is 1. The van der Waals surface area contributed by atoms with Gasteiger partial charge in [0, 0.05) is 4.88 Å². The summed E-state index contributed by atoms with van der Waals surface area (Å²) in [6, 6.07) is 13.8. The Morgan fingerprint density at radius 1 is 1.24 bits per heavy atom. The van der Waals surface area contributed by atoms with Crippen LogP contribution in [0.5, 0.6) is 5.75 Å². The van der Waals surface area contributed by atoms with E-state index in [1.165, 1.54) is 4.88 Å². The molecule has 3 rings (SSSR count). The average molecular weight is 384 g/mol. The molecule has 1 unspecified atom stereocenters. The summed E-state index contributed by atoms with van der Waals surface area (Å²) in [4.78, 5) is 15.2. The lowest BCUT2D eigenvalue weighted by Gasteiger charge is -2.23. The van der Waals surface area contributed by atoms with Crippen LogP contribution in [0.15, 0.2) is 46.3 Å². The van der Waals surface area contributed by atoms with Gasteiger partial charge in [0.25, 0.3) is 0 Å². The van der Waals surface area contributed by atoms with Gasteiger partial charge in [-0.25, -0.2) is 0 Å². The third kappa shape index (κ3) is 3.62. The van der Waals surface area contributed by atoms with Crippen molar-refractivity contribution in [3.05, 3.63) is 51.1 Å². The molecule has 110 valence electrons. The molecular weight excluding hydrogens is 370 g/mol. The number of rotatable bonds is 5.